The molecule has 3 N–H and O–H groups in total. The molecule has 4 atom stereocenters. The van der Waals surface area contributed by atoms with Crippen molar-refractivity contribution in [2.24, 2.45) is 5.92 Å². The smallest absolute Gasteiger partial charge is 0.246 e. The molecule has 1 aliphatic carbocycles. The molecule has 1 aliphatic heterocycles. The van der Waals surface area contributed by atoms with Gasteiger partial charge in [0, 0.05) is 26.1 Å². The Bertz CT molecular complexity index is 856. The Morgan fingerprint density at radius 2 is 1.94 bits per heavy atom. The maximum absolute atomic E-state index is 13.5. The van der Waals surface area contributed by atoms with Crippen LogP contribution < -0.4 is 16.0 Å². The first kappa shape index (κ1) is 26.4. The van der Waals surface area contributed by atoms with Crippen LogP contribution in [-0.4, -0.2) is 67.3 Å². The minimum atomic E-state index is -0.643. The van der Waals surface area contributed by atoms with E-state index in [0.29, 0.717) is 32.0 Å². The standard InChI is InChI=1S/C27H42N4O3/c1-18(2)25(30-26(33)19(3)28-4)27(34)31-16-15-29-17-23(31)24(32)14-8-12-21-11-7-10-20-9-5-6-13-22(20)21/h5-6,9,13,18-19,21,23,25,28-29H,7-8,10-12,14-17H2,1-4H3,(H,30,33)/t19-,21?,23-,25-/m0/s1. The van der Waals surface area contributed by atoms with E-state index in [1.165, 1.54) is 24.0 Å². The lowest BCUT2D eigenvalue weighted by Crippen LogP contribution is -2.62. The Balaban J connectivity index is 1.60. The van der Waals surface area contributed by atoms with E-state index in [1.807, 2.05) is 13.8 Å². The fraction of sp³-hybridized carbons (Fsp3) is 0.667. The molecule has 1 unspecified atom stereocenters. The van der Waals surface area contributed by atoms with Gasteiger partial charge in [0.25, 0.3) is 0 Å². The van der Waals surface area contributed by atoms with Crippen LogP contribution in [0.4, 0.5) is 0 Å². The molecule has 0 aromatic heterocycles. The summed E-state index contributed by atoms with van der Waals surface area (Å²) in [5.41, 5.74) is 2.90. The fourth-order valence-corrected chi connectivity index (χ4v) is 5.20. The molecule has 2 amide bonds. The van der Waals surface area contributed by atoms with Gasteiger partial charge >= 0.3 is 0 Å². The third kappa shape index (κ3) is 6.45. The number of rotatable bonds is 10. The molecule has 2 aliphatic rings. The maximum atomic E-state index is 13.5. The lowest BCUT2D eigenvalue weighted by atomic mass is 9.80. The number of carbonyl (C=O) groups is 3. The van der Waals surface area contributed by atoms with Gasteiger partial charge in [-0.05, 0) is 69.0 Å². The molecule has 1 aromatic carbocycles. The third-order valence-electron chi connectivity index (χ3n) is 7.42. The van der Waals surface area contributed by atoms with Gasteiger partial charge in [-0.15, -0.1) is 0 Å². The van der Waals surface area contributed by atoms with Gasteiger partial charge in [0.15, 0.2) is 5.78 Å². The highest BCUT2D eigenvalue weighted by molar-refractivity contribution is 5.94. The predicted molar refractivity (Wildman–Crippen MR) is 135 cm³/mol. The number of likely N-dealkylation sites (N-methyl/N-ethyl adjacent to an activating group) is 1. The molecule has 188 valence electrons. The highest BCUT2D eigenvalue weighted by atomic mass is 16.2. The van der Waals surface area contributed by atoms with Gasteiger partial charge in [-0.1, -0.05) is 38.1 Å². The highest BCUT2D eigenvalue weighted by Crippen LogP contribution is 2.35. The largest absolute Gasteiger partial charge is 0.343 e. The number of nitrogens with zero attached hydrogens (tertiary/aromatic N) is 1. The van der Waals surface area contributed by atoms with E-state index >= 15 is 0 Å². The molecule has 0 bridgehead atoms. The minimum Gasteiger partial charge on any atom is -0.343 e. The van der Waals surface area contributed by atoms with E-state index in [9.17, 15) is 14.4 Å². The molecule has 0 saturated carbocycles. The van der Waals surface area contributed by atoms with Crippen molar-refractivity contribution >= 4 is 17.6 Å². The van der Waals surface area contributed by atoms with Crippen molar-refractivity contribution in [1.29, 1.82) is 0 Å². The lowest BCUT2D eigenvalue weighted by molar-refractivity contribution is -0.144. The van der Waals surface area contributed by atoms with E-state index in [0.717, 1.165) is 19.3 Å². The number of ketones is 1. The van der Waals surface area contributed by atoms with Crippen molar-refractivity contribution in [3.05, 3.63) is 35.4 Å². The zero-order valence-corrected chi connectivity index (χ0v) is 21.2. The van der Waals surface area contributed by atoms with Crippen molar-refractivity contribution in [1.82, 2.24) is 20.9 Å². The zero-order chi connectivity index (χ0) is 24.7. The van der Waals surface area contributed by atoms with E-state index in [2.05, 4.69) is 40.2 Å². The predicted octanol–water partition coefficient (Wildman–Crippen LogP) is 2.40. The molecule has 1 saturated heterocycles. The van der Waals surface area contributed by atoms with Crippen molar-refractivity contribution < 1.29 is 14.4 Å². The van der Waals surface area contributed by atoms with E-state index < -0.39 is 12.1 Å². The number of aryl methyl sites for hydroxylation is 1. The van der Waals surface area contributed by atoms with Crippen LogP contribution in [0.1, 0.15) is 69.9 Å². The van der Waals surface area contributed by atoms with Gasteiger partial charge in [0.05, 0.1) is 6.04 Å². The Kier molecular flexibility index (Phi) is 9.65. The summed E-state index contributed by atoms with van der Waals surface area (Å²) < 4.78 is 0. The van der Waals surface area contributed by atoms with Crippen LogP contribution in [-0.2, 0) is 20.8 Å². The Hall–Kier alpha value is -2.25. The van der Waals surface area contributed by atoms with Gasteiger partial charge in [0.1, 0.15) is 12.1 Å². The van der Waals surface area contributed by atoms with E-state index in [-0.39, 0.29) is 29.6 Å². The lowest BCUT2D eigenvalue weighted by Gasteiger charge is -2.38. The Morgan fingerprint density at radius 1 is 1.18 bits per heavy atom. The average Bonchev–Trinajstić information content (AvgIpc) is 2.86. The fourth-order valence-electron chi connectivity index (χ4n) is 5.20. The molecular formula is C27H42N4O3. The number of piperazine rings is 1. The van der Waals surface area contributed by atoms with Gasteiger partial charge in [-0.2, -0.15) is 0 Å². The number of carbonyl (C=O) groups excluding carboxylic acids is 3. The average molecular weight is 471 g/mol. The third-order valence-corrected chi connectivity index (χ3v) is 7.42. The Labute approximate surface area is 204 Å². The maximum Gasteiger partial charge on any atom is 0.246 e. The summed E-state index contributed by atoms with van der Waals surface area (Å²) in [6, 6.07) is 7.18. The van der Waals surface area contributed by atoms with Crippen LogP contribution in [0.3, 0.4) is 0 Å². The number of nitrogens with one attached hydrogen (secondary N) is 3. The van der Waals surface area contributed by atoms with Crippen molar-refractivity contribution in [3.63, 3.8) is 0 Å². The SMILES string of the molecule is CN[C@@H](C)C(=O)N[C@H](C(=O)N1CCNC[C@H]1C(=O)CCCC1CCCc2ccccc21)C(C)C. The normalized spacial score (nSPS) is 22.1. The van der Waals surface area contributed by atoms with Gasteiger partial charge < -0.3 is 20.9 Å². The van der Waals surface area contributed by atoms with Crippen LogP contribution in [0.25, 0.3) is 0 Å². The molecule has 7 nitrogen and oxygen atoms in total. The number of benzene rings is 1. The summed E-state index contributed by atoms with van der Waals surface area (Å²) >= 11 is 0. The van der Waals surface area contributed by atoms with E-state index in [1.54, 1.807) is 18.9 Å². The molecule has 34 heavy (non-hydrogen) atoms. The summed E-state index contributed by atoms with van der Waals surface area (Å²) in [5.74, 6) is 0.197. The second-order valence-corrected chi connectivity index (χ2v) is 10.1. The molecule has 0 spiro atoms. The van der Waals surface area contributed by atoms with Crippen LogP contribution in [0.15, 0.2) is 24.3 Å². The van der Waals surface area contributed by atoms with Crippen molar-refractivity contribution in [2.45, 2.75) is 83.3 Å². The first-order chi connectivity index (χ1) is 16.3. The summed E-state index contributed by atoms with van der Waals surface area (Å²) in [6.45, 7) is 7.22. The van der Waals surface area contributed by atoms with Crippen LogP contribution in [0.5, 0.6) is 0 Å². The molecule has 1 aromatic rings. The number of fused-ring (bicyclic) bond motifs is 1. The molecule has 1 heterocycles. The van der Waals surface area contributed by atoms with Crippen LogP contribution in [0, 0.1) is 5.92 Å². The summed E-state index contributed by atoms with van der Waals surface area (Å²) in [4.78, 5) is 40.9. The number of amides is 2. The molecule has 0 radical (unpaired) electrons. The summed E-state index contributed by atoms with van der Waals surface area (Å²) in [5, 5.41) is 9.08. The second-order valence-electron chi connectivity index (χ2n) is 10.1. The topological polar surface area (TPSA) is 90.5 Å². The minimum absolute atomic E-state index is 0.0717. The molecular weight excluding hydrogens is 428 g/mol. The zero-order valence-electron chi connectivity index (χ0n) is 21.2. The molecule has 1 fully saturated rings. The highest BCUT2D eigenvalue weighted by Gasteiger charge is 2.37. The summed E-state index contributed by atoms with van der Waals surface area (Å²) in [7, 11) is 1.72. The van der Waals surface area contributed by atoms with Gasteiger partial charge in [-0.25, -0.2) is 0 Å². The molecule has 7 heteroatoms. The van der Waals surface area contributed by atoms with Gasteiger partial charge in [-0.3, -0.25) is 14.4 Å². The second kappa shape index (κ2) is 12.5. The van der Waals surface area contributed by atoms with Crippen molar-refractivity contribution in [2.75, 3.05) is 26.7 Å². The first-order valence-corrected chi connectivity index (χ1v) is 12.9. The summed E-state index contributed by atoms with van der Waals surface area (Å²) in [6.07, 6.45) is 5.85. The first-order valence-electron chi connectivity index (χ1n) is 12.9. The molecule has 3 rings (SSSR count). The Morgan fingerprint density at radius 3 is 2.68 bits per heavy atom. The van der Waals surface area contributed by atoms with Crippen molar-refractivity contribution in [3.8, 4) is 0 Å². The number of hydrogen-bond acceptors (Lipinski definition) is 5. The number of hydrogen-bond donors (Lipinski definition) is 3. The number of Topliss-reactive ketones (excluding diaryl/α,β-unsaturated/α-hetero) is 1. The van der Waals surface area contributed by atoms with Gasteiger partial charge in [0.2, 0.25) is 11.8 Å². The monoisotopic (exact) mass is 470 g/mol. The van der Waals surface area contributed by atoms with Crippen LogP contribution in [0.2, 0.25) is 0 Å². The quantitative estimate of drug-likeness (QED) is 0.489. The van der Waals surface area contributed by atoms with E-state index in [4.69, 9.17) is 0 Å². The van der Waals surface area contributed by atoms with Crippen LogP contribution >= 0.6 is 0 Å².